The van der Waals surface area contributed by atoms with Crippen molar-refractivity contribution < 1.29 is 0 Å². The standard InChI is InChI=1S/C11H13N3S/c1-8-4-3-5-13-11(8)14-9(2)10-6-12-7-15-10/h3-7,9H,1-2H3,(H,13,14). The van der Waals surface area contributed by atoms with Crippen LogP contribution in [0.15, 0.2) is 30.0 Å². The molecule has 78 valence electrons. The zero-order chi connectivity index (χ0) is 10.7. The van der Waals surface area contributed by atoms with Gasteiger partial charge in [0.05, 0.1) is 11.6 Å². The highest BCUT2D eigenvalue weighted by atomic mass is 32.1. The van der Waals surface area contributed by atoms with Crippen LogP contribution in [0.25, 0.3) is 0 Å². The van der Waals surface area contributed by atoms with Crippen molar-refractivity contribution in [1.82, 2.24) is 9.97 Å². The molecule has 4 heteroatoms. The van der Waals surface area contributed by atoms with E-state index in [4.69, 9.17) is 0 Å². The van der Waals surface area contributed by atoms with E-state index < -0.39 is 0 Å². The van der Waals surface area contributed by atoms with Gasteiger partial charge in [0.15, 0.2) is 0 Å². The minimum absolute atomic E-state index is 0.256. The van der Waals surface area contributed by atoms with Crippen molar-refractivity contribution in [3.05, 3.63) is 40.5 Å². The average molecular weight is 219 g/mol. The third kappa shape index (κ3) is 2.33. The molecule has 0 aliphatic carbocycles. The van der Waals surface area contributed by atoms with Crippen LogP contribution >= 0.6 is 11.3 Å². The lowest BCUT2D eigenvalue weighted by Crippen LogP contribution is -2.07. The van der Waals surface area contributed by atoms with Crippen molar-refractivity contribution in [3.8, 4) is 0 Å². The first-order chi connectivity index (χ1) is 7.27. The van der Waals surface area contributed by atoms with Gasteiger partial charge in [-0.05, 0) is 25.5 Å². The number of anilines is 1. The van der Waals surface area contributed by atoms with Crippen LogP contribution in [0.5, 0.6) is 0 Å². The molecule has 0 amide bonds. The number of hydrogen-bond donors (Lipinski definition) is 1. The maximum atomic E-state index is 4.30. The maximum Gasteiger partial charge on any atom is 0.129 e. The second-order valence-electron chi connectivity index (χ2n) is 3.44. The molecule has 1 atom stereocenters. The van der Waals surface area contributed by atoms with Gasteiger partial charge < -0.3 is 5.32 Å². The predicted octanol–water partition coefficient (Wildman–Crippen LogP) is 3.02. The molecule has 0 radical (unpaired) electrons. The molecule has 0 fully saturated rings. The lowest BCUT2D eigenvalue weighted by molar-refractivity contribution is 0.889. The molecule has 0 spiro atoms. The minimum Gasteiger partial charge on any atom is -0.362 e. The van der Waals surface area contributed by atoms with Crippen LogP contribution in [0.2, 0.25) is 0 Å². The Bertz CT molecular complexity index is 425. The number of nitrogens with one attached hydrogen (secondary N) is 1. The Morgan fingerprint density at radius 1 is 1.47 bits per heavy atom. The van der Waals surface area contributed by atoms with Crippen molar-refractivity contribution in [1.29, 1.82) is 0 Å². The molecule has 3 nitrogen and oxygen atoms in total. The Balaban J connectivity index is 2.13. The molecule has 2 rings (SSSR count). The fourth-order valence-electron chi connectivity index (χ4n) is 1.35. The van der Waals surface area contributed by atoms with E-state index in [1.54, 1.807) is 17.5 Å². The largest absolute Gasteiger partial charge is 0.362 e. The summed E-state index contributed by atoms with van der Waals surface area (Å²) >= 11 is 1.65. The number of pyridine rings is 1. The van der Waals surface area contributed by atoms with Crippen LogP contribution in [-0.4, -0.2) is 9.97 Å². The molecule has 2 aromatic heterocycles. The summed E-state index contributed by atoms with van der Waals surface area (Å²) in [6.45, 7) is 4.16. The summed E-state index contributed by atoms with van der Waals surface area (Å²) < 4.78 is 0. The van der Waals surface area contributed by atoms with Gasteiger partial charge in [-0.1, -0.05) is 6.07 Å². The number of rotatable bonds is 3. The molecule has 0 saturated carbocycles. The molecular formula is C11H13N3S. The fraction of sp³-hybridized carbons (Fsp3) is 0.273. The van der Waals surface area contributed by atoms with Gasteiger partial charge >= 0.3 is 0 Å². The summed E-state index contributed by atoms with van der Waals surface area (Å²) in [5.74, 6) is 0.943. The summed E-state index contributed by atoms with van der Waals surface area (Å²) in [7, 11) is 0. The minimum atomic E-state index is 0.256. The van der Waals surface area contributed by atoms with Crippen molar-refractivity contribution >= 4 is 17.2 Å². The second-order valence-corrected chi connectivity index (χ2v) is 4.36. The summed E-state index contributed by atoms with van der Waals surface area (Å²) in [5.41, 5.74) is 3.01. The maximum absolute atomic E-state index is 4.30. The molecule has 2 heterocycles. The first kappa shape index (κ1) is 10.1. The number of nitrogens with zero attached hydrogens (tertiary/aromatic N) is 2. The van der Waals surface area contributed by atoms with Crippen molar-refractivity contribution in [3.63, 3.8) is 0 Å². The lowest BCUT2D eigenvalue weighted by atomic mass is 10.2. The van der Waals surface area contributed by atoms with E-state index in [9.17, 15) is 0 Å². The molecule has 0 aliphatic rings. The van der Waals surface area contributed by atoms with Crippen LogP contribution < -0.4 is 5.32 Å². The van der Waals surface area contributed by atoms with E-state index in [2.05, 4.69) is 35.2 Å². The van der Waals surface area contributed by atoms with E-state index in [1.807, 2.05) is 17.8 Å². The van der Waals surface area contributed by atoms with Crippen molar-refractivity contribution in [2.45, 2.75) is 19.9 Å². The highest BCUT2D eigenvalue weighted by Crippen LogP contribution is 2.22. The van der Waals surface area contributed by atoms with Gasteiger partial charge in [0.1, 0.15) is 5.82 Å². The highest BCUT2D eigenvalue weighted by molar-refractivity contribution is 7.09. The lowest BCUT2D eigenvalue weighted by Gasteiger charge is -2.13. The molecule has 1 unspecified atom stereocenters. The quantitative estimate of drug-likeness (QED) is 0.862. The normalized spacial score (nSPS) is 12.4. The Kier molecular flexibility index (Phi) is 2.97. The Hall–Kier alpha value is -1.42. The molecule has 0 bridgehead atoms. The Labute approximate surface area is 93.2 Å². The molecule has 0 aliphatic heterocycles. The van der Waals surface area contributed by atoms with Crippen LogP contribution in [0, 0.1) is 6.92 Å². The topological polar surface area (TPSA) is 37.8 Å². The number of thiazole rings is 1. The van der Waals surface area contributed by atoms with Gasteiger partial charge in [0.25, 0.3) is 0 Å². The monoisotopic (exact) mass is 219 g/mol. The third-order valence-electron chi connectivity index (χ3n) is 2.24. The smallest absolute Gasteiger partial charge is 0.129 e. The predicted molar refractivity (Wildman–Crippen MR) is 63.1 cm³/mol. The second kappa shape index (κ2) is 4.40. The summed E-state index contributed by atoms with van der Waals surface area (Å²) in [4.78, 5) is 9.59. The zero-order valence-corrected chi connectivity index (χ0v) is 9.58. The molecular weight excluding hydrogens is 206 g/mol. The summed E-state index contributed by atoms with van der Waals surface area (Å²) in [5, 5.41) is 3.37. The van der Waals surface area contributed by atoms with Gasteiger partial charge in [-0.25, -0.2) is 4.98 Å². The first-order valence-corrected chi connectivity index (χ1v) is 5.72. The van der Waals surface area contributed by atoms with Crippen molar-refractivity contribution in [2.24, 2.45) is 0 Å². The van der Waals surface area contributed by atoms with E-state index >= 15 is 0 Å². The number of aromatic nitrogens is 2. The molecule has 0 saturated heterocycles. The fourth-order valence-corrected chi connectivity index (χ4v) is 1.98. The number of aryl methyl sites for hydroxylation is 1. The molecule has 0 aromatic carbocycles. The van der Waals surface area contributed by atoms with Gasteiger partial charge in [-0.2, -0.15) is 0 Å². The summed E-state index contributed by atoms with van der Waals surface area (Å²) in [6, 6.07) is 4.25. The van der Waals surface area contributed by atoms with E-state index in [0.29, 0.717) is 0 Å². The molecule has 15 heavy (non-hydrogen) atoms. The van der Waals surface area contributed by atoms with Crippen LogP contribution in [-0.2, 0) is 0 Å². The highest BCUT2D eigenvalue weighted by Gasteiger charge is 2.08. The Morgan fingerprint density at radius 3 is 3.00 bits per heavy atom. The molecule has 2 aromatic rings. The van der Waals surface area contributed by atoms with E-state index in [0.717, 1.165) is 11.4 Å². The van der Waals surface area contributed by atoms with Crippen LogP contribution in [0.3, 0.4) is 0 Å². The van der Waals surface area contributed by atoms with Crippen molar-refractivity contribution in [2.75, 3.05) is 5.32 Å². The van der Waals surface area contributed by atoms with Gasteiger partial charge in [0, 0.05) is 17.3 Å². The number of hydrogen-bond acceptors (Lipinski definition) is 4. The third-order valence-corrected chi connectivity index (χ3v) is 3.20. The first-order valence-electron chi connectivity index (χ1n) is 4.84. The Morgan fingerprint density at radius 2 is 2.33 bits per heavy atom. The van der Waals surface area contributed by atoms with Crippen LogP contribution in [0.4, 0.5) is 5.82 Å². The zero-order valence-electron chi connectivity index (χ0n) is 8.77. The van der Waals surface area contributed by atoms with Gasteiger partial charge in [-0.3, -0.25) is 4.98 Å². The van der Waals surface area contributed by atoms with E-state index in [-0.39, 0.29) is 6.04 Å². The SMILES string of the molecule is Cc1cccnc1NC(C)c1cncs1. The average Bonchev–Trinajstić information content (AvgIpc) is 2.74. The van der Waals surface area contributed by atoms with Gasteiger partial charge in [0.2, 0.25) is 0 Å². The molecule has 1 N–H and O–H groups in total. The van der Waals surface area contributed by atoms with Crippen LogP contribution in [0.1, 0.15) is 23.4 Å². The van der Waals surface area contributed by atoms with Gasteiger partial charge in [-0.15, -0.1) is 11.3 Å². The van der Waals surface area contributed by atoms with E-state index in [1.165, 1.54) is 4.88 Å². The summed E-state index contributed by atoms with van der Waals surface area (Å²) in [6.07, 6.45) is 3.69.